The maximum absolute atomic E-state index is 11.4. The number of hydrogen-bond donors (Lipinski definition) is 2. The summed E-state index contributed by atoms with van der Waals surface area (Å²) < 4.78 is 11.1. The second-order valence-electron chi connectivity index (χ2n) is 3.60. The van der Waals surface area contributed by atoms with E-state index < -0.39 is 0 Å². The van der Waals surface area contributed by atoms with Crippen LogP contribution in [0.15, 0.2) is 29.3 Å². The molecule has 1 aromatic carbocycles. The normalized spacial score (nSPS) is 10.3. The van der Waals surface area contributed by atoms with Crippen LogP contribution in [0.5, 0.6) is 17.4 Å². The Morgan fingerprint density at radius 3 is 2.89 bits per heavy atom. The van der Waals surface area contributed by atoms with E-state index in [1.54, 1.807) is 18.2 Å². The molecule has 1 heterocycles. The first kappa shape index (κ1) is 13.8. The van der Waals surface area contributed by atoms with Gasteiger partial charge in [0.2, 0.25) is 5.88 Å². The number of methoxy groups -OCH3 is 1. The molecule has 0 fully saturated rings. The van der Waals surface area contributed by atoms with Gasteiger partial charge in [0.15, 0.2) is 11.5 Å². The monoisotopic (exact) mass is 374 g/mol. The fourth-order valence-corrected chi connectivity index (χ4v) is 1.84. The third-order valence-corrected chi connectivity index (χ3v) is 3.33. The van der Waals surface area contributed by atoms with E-state index in [1.807, 2.05) is 22.6 Å². The number of halogens is 1. The van der Waals surface area contributed by atoms with Gasteiger partial charge in [0.05, 0.1) is 20.0 Å². The van der Waals surface area contributed by atoms with Crippen LogP contribution in [-0.4, -0.2) is 22.2 Å². The molecule has 100 valence electrons. The minimum atomic E-state index is -0.267. The lowest BCUT2D eigenvalue weighted by Crippen LogP contribution is -2.11. The van der Waals surface area contributed by atoms with Crippen molar-refractivity contribution in [2.75, 3.05) is 7.11 Å². The molecule has 0 saturated heterocycles. The van der Waals surface area contributed by atoms with E-state index in [2.05, 4.69) is 9.97 Å². The van der Waals surface area contributed by atoms with Crippen molar-refractivity contribution in [3.8, 4) is 17.4 Å². The molecule has 0 aliphatic heterocycles. The number of aromatic amines is 1. The first-order chi connectivity index (χ1) is 9.15. The number of aliphatic hydroxyl groups is 1. The molecule has 0 unspecified atom stereocenters. The summed E-state index contributed by atoms with van der Waals surface area (Å²) in [5, 5.41) is 9.06. The van der Waals surface area contributed by atoms with Crippen LogP contribution in [0, 0.1) is 3.57 Å². The van der Waals surface area contributed by atoms with Crippen molar-refractivity contribution in [3.05, 3.63) is 44.0 Å². The summed E-state index contributed by atoms with van der Waals surface area (Å²) in [6.07, 6.45) is 1.27. The zero-order chi connectivity index (χ0) is 13.8. The molecular formula is C12H11IN2O4. The summed E-state index contributed by atoms with van der Waals surface area (Å²) in [7, 11) is 1.50. The van der Waals surface area contributed by atoms with Gasteiger partial charge < -0.3 is 19.6 Å². The second-order valence-corrected chi connectivity index (χ2v) is 4.67. The molecule has 19 heavy (non-hydrogen) atoms. The highest BCUT2D eigenvalue weighted by Gasteiger charge is 2.11. The van der Waals surface area contributed by atoms with Gasteiger partial charge in [-0.2, -0.15) is 0 Å². The molecule has 6 nitrogen and oxygen atoms in total. The smallest absolute Gasteiger partial charge is 0.268 e. The number of hydrogen-bond acceptors (Lipinski definition) is 5. The molecule has 0 amide bonds. The Morgan fingerprint density at radius 2 is 2.21 bits per heavy atom. The van der Waals surface area contributed by atoms with Gasteiger partial charge in [-0.25, -0.2) is 4.98 Å². The highest BCUT2D eigenvalue weighted by atomic mass is 127. The van der Waals surface area contributed by atoms with Crippen LogP contribution in [0.4, 0.5) is 0 Å². The summed E-state index contributed by atoms with van der Waals surface area (Å²) in [6, 6.07) is 5.02. The molecule has 0 saturated carbocycles. The molecule has 0 aliphatic carbocycles. The highest BCUT2D eigenvalue weighted by molar-refractivity contribution is 14.1. The fourth-order valence-electron chi connectivity index (χ4n) is 1.44. The number of aromatic nitrogens is 2. The van der Waals surface area contributed by atoms with Crippen molar-refractivity contribution >= 4 is 22.6 Å². The SMILES string of the molecule is COc1cc(CO)ccc1Oc1nc[nH]c(=O)c1I. The molecule has 1 aromatic heterocycles. The average molecular weight is 374 g/mol. The van der Waals surface area contributed by atoms with Crippen molar-refractivity contribution in [2.24, 2.45) is 0 Å². The first-order valence-electron chi connectivity index (χ1n) is 5.34. The summed E-state index contributed by atoms with van der Waals surface area (Å²) >= 11 is 1.86. The second kappa shape index (κ2) is 6.02. The zero-order valence-electron chi connectivity index (χ0n) is 10.0. The van der Waals surface area contributed by atoms with E-state index in [9.17, 15) is 4.79 Å². The van der Waals surface area contributed by atoms with E-state index in [4.69, 9.17) is 14.6 Å². The minimum absolute atomic E-state index is 0.0859. The summed E-state index contributed by atoms with van der Waals surface area (Å²) in [6.45, 7) is -0.0859. The Morgan fingerprint density at radius 1 is 1.42 bits per heavy atom. The number of benzene rings is 1. The van der Waals surface area contributed by atoms with Crippen LogP contribution in [0.1, 0.15) is 5.56 Å². The summed E-state index contributed by atoms with van der Waals surface area (Å²) in [4.78, 5) is 17.9. The number of nitrogens with zero attached hydrogens (tertiary/aromatic N) is 1. The van der Waals surface area contributed by atoms with E-state index in [1.165, 1.54) is 13.4 Å². The average Bonchev–Trinajstić information content (AvgIpc) is 2.44. The Kier molecular flexibility index (Phi) is 4.38. The standard InChI is InChI=1S/C12H11IN2O4/c1-18-9-4-7(5-16)2-3-8(9)19-12-10(13)11(17)14-6-15-12/h2-4,6,16H,5H2,1H3,(H,14,15,17). The lowest BCUT2D eigenvalue weighted by Gasteiger charge is -2.11. The van der Waals surface area contributed by atoms with Crippen LogP contribution in [-0.2, 0) is 6.61 Å². The zero-order valence-corrected chi connectivity index (χ0v) is 12.2. The van der Waals surface area contributed by atoms with Gasteiger partial charge in [0, 0.05) is 0 Å². The van der Waals surface area contributed by atoms with E-state index in [-0.39, 0.29) is 18.0 Å². The van der Waals surface area contributed by atoms with Gasteiger partial charge in [0.25, 0.3) is 5.56 Å². The minimum Gasteiger partial charge on any atom is -0.493 e. The summed E-state index contributed by atoms with van der Waals surface area (Å²) in [5.41, 5.74) is 0.439. The van der Waals surface area contributed by atoms with Crippen molar-refractivity contribution in [1.29, 1.82) is 0 Å². The van der Waals surface area contributed by atoms with Gasteiger partial charge in [0.1, 0.15) is 3.57 Å². The maximum Gasteiger partial charge on any atom is 0.268 e. The molecule has 0 spiro atoms. The Labute approximate surface area is 122 Å². The first-order valence-corrected chi connectivity index (χ1v) is 6.42. The molecule has 0 bridgehead atoms. The molecule has 7 heteroatoms. The lowest BCUT2D eigenvalue weighted by molar-refractivity contribution is 0.280. The fraction of sp³-hybridized carbons (Fsp3) is 0.167. The maximum atomic E-state index is 11.4. The Balaban J connectivity index is 2.38. The Bertz CT molecular complexity index is 642. The third kappa shape index (κ3) is 3.04. The highest BCUT2D eigenvalue weighted by Crippen LogP contribution is 2.32. The molecule has 0 aliphatic rings. The van der Waals surface area contributed by atoms with Gasteiger partial charge in [-0.1, -0.05) is 6.07 Å². The number of nitrogens with one attached hydrogen (secondary N) is 1. The van der Waals surface area contributed by atoms with Crippen LogP contribution in [0.2, 0.25) is 0 Å². The predicted molar refractivity (Wildman–Crippen MR) is 76.6 cm³/mol. The predicted octanol–water partition coefficient (Wildman–Crippen LogP) is 1.67. The van der Waals surface area contributed by atoms with Gasteiger partial charge in [-0.3, -0.25) is 4.79 Å². The number of rotatable bonds is 4. The van der Waals surface area contributed by atoms with E-state index in [0.717, 1.165) is 0 Å². The number of H-pyrrole nitrogens is 1. The topological polar surface area (TPSA) is 84.4 Å². The van der Waals surface area contributed by atoms with Crippen molar-refractivity contribution in [3.63, 3.8) is 0 Å². The third-order valence-electron chi connectivity index (χ3n) is 2.38. The molecule has 0 radical (unpaired) electrons. The van der Waals surface area contributed by atoms with Crippen LogP contribution >= 0.6 is 22.6 Å². The molecule has 0 atom stereocenters. The van der Waals surface area contributed by atoms with Gasteiger partial charge in [-0.05, 0) is 40.3 Å². The van der Waals surface area contributed by atoms with Gasteiger partial charge in [-0.15, -0.1) is 0 Å². The molecule has 2 aromatic rings. The van der Waals surface area contributed by atoms with Crippen LogP contribution in [0.25, 0.3) is 0 Å². The van der Waals surface area contributed by atoms with Crippen molar-refractivity contribution < 1.29 is 14.6 Å². The quantitative estimate of drug-likeness (QED) is 0.796. The number of aliphatic hydroxyl groups excluding tert-OH is 1. The van der Waals surface area contributed by atoms with E-state index in [0.29, 0.717) is 20.6 Å². The van der Waals surface area contributed by atoms with Crippen LogP contribution < -0.4 is 15.0 Å². The van der Waals surface area contributed by atoms with Crippen LogP contribution in [0.3, 0.4) is 0 Å². The van der Waals surface area contributed by atoms with Crippen molar-refractivity contribution in [2.45, 2.75) is 6.61 Å². The molecule has 2 rings (SSSR count). The van der Waals surface area contributed by atoms with Gasteiger partial charge >= 0.3 is 0 Å². The molecule has 2 N–H and O–H groups in total. The summed E-state index contributed by atoms with van der Waals surface area (Å²) in [5.74, 6) is 1.10. The Hall–Kier alpha value is -1.61. The molecular weight excluding hydrogens is 363 g/mol. The van der Waals surface area contributed by atoms with E-state index >= 15 is 0 Å². The number of ether oxygens (including phenoxy) is 2. The van der Waals surface area contributed by atoms with Crippen molar-refractivity contribution in [1.82, 2.24) is 9.97 Å². The largest absolute Gasteiger partial charge is 0.493 e. The lowest BCUT2D eigenvalue weighted by atomic mass is 10.2.